The quantitative estimate of drug-likeness (QED) is 0.640. The average molecular weight is 220 g/mol. The van der Waals surface area contributed by atoms with Crippen molar-refractivity contribution in [3.05, 3.63) is 59.0 Å². The lowest BCUT2D eigenvalue weighted by molar-refractivity contribution is 0.671. The zero-order valence-corrected chi connectivity index (χ0v) is 10.3. The minimum atomic E-state index is 0.129. The summed E-state index contributed by atoms with van der Waals surface area (Å²) in [5, 5.41) is 5.32. The van der Waals surface area contributed by atoms with E-state index in [4.69, 9.17) is 0 Å². The van der Waals surface area contributed by atoms with Crippen LogP contribution in [-0.4, -0.2) is 0 Å². The molecule has 0 spiro atoms. The molecule has 0 heteroatoms. The molecule has 0 heterocycles. The zero-order valence-electron chi connectivity index (χ0n) is 10.3. The standard InChI is InChI=1S/C17H16/c1-17(2)11-5-8-16-14(12-17)10-9-13-6-3-4-7-15(13)16/h3-12H,1-2H3. The third kappa shape index (κ3) is 1.80. The third-order valence-electron chi connectivity index (χ3n) is 3.32. The van der Waals surface area contributed by atoms with Gasteiger partial charge >= 0.3 is 0 Å². The molecule has 0 N–H and O–H groups in total. The summed E-state index contributed by atoms with van der Waals surface area (Å²) >= 11 is 0. The van der Waals surface area contributed by atoms with Crippen LogP contribution in [0.25, 0.3) is 22.9 Å². The summed E-state index contributed by atoms with van der Waals surface area (Å²) in [4.78, 5) is 0. The first-order valence-corrected chi connectivity index (χ1v) is 6.06. The van der Waals surface area contributed by atoms with Gasteiger partial charge in [0.05, 0.1) is 0 Å². The molecular formula is C17H16. The van der Waals surface area contributed by atoms with Gasteiger partial charge in [0.2, 0.25) is 0 Å². The number of rotatable bonds is 0. The van der Waals surface area contributed by atoms with Crippen LogP contribution in [0.15, 0.2) is 48.6 Å². The molecule has 17 heavy (non-hydrogen) atoms. The minimum absolute atomic E-state index is 0.129. The number of benzene rings is 2. The molecule has 1 aliphatic rings. The number of hydrogen-bond acceptors (Lipinski definition) is 0. The Morgan fingerprint density at radius 1 is 0.941 bits per heavy atom. The Morgan fingerprint density at radius 3 is 2.65 bits per heavy atom. The predicted octanol–water partition coefficient (Wildman–Crippen LogP) is 3.00. The van der Waals surface area contributed by atoms with Gasteiger partial charge in [-0.3, -0.25) is 0 Å². The van der Waals surface area contributed by atoms with Crippen molar-refractivity contribution in [2.75, 3.05) is 0 Å². The average Bonchev–Trinajstić information content (AvgIpc) is 2.46. The SMILES string of the molecule is CC1(C)C=CC=c2c(ccc3ccccc23)=C1. The molecule has 0 atom stereocenters. The van der Waals surface area contributed by atoms with Crippen LogP contribution >= 0.6 is 0 Å². The highest BCUT2D eigenvalue weighted by Gasteiger charge is 2.10. The van der Waals surface area contributed by atoms with E-state index in [1.54, 1.807) is 0 Å². The molecule has 0 aliphatic heterocycles. The van der Waals surface area contributed by atoms with Crippen molar-refractivity contribution >= 4 is 22.9 Å². The Bertz CT molecular complexity index is 715. The first kappa shape index (κ1) is 10.3. The van der Waals surface area contributed by atoms with Gasteiger partial charge in [0.1, 0.15) is 0 Å². The lowest BCUT2D eigenvalue weighted by atomic mass is 9.92. The fourth-order valence-corrected chi connectivity index (χ4v) is 2.47. The summed E-state index contributed by atoms with van der Waals surface area (Å²) in [6.07, 6.45) is 8.99. The molecule has 0 aromatic heterocycles. The summed E-state index contributed by atoms with van der Waals surface area (Å²) in [6.45, 7) is 4.48. The summed E-state index contributed by atoms with van der Waals surface area (Å²) < 4.78 is 0. The number of hydrogen-bond donors (Lipinski definition) is 0. The summed E-state index contributed by atoms with van der Waals surface area (Å²) in [6, 6.07) is 13.0. The molecule has 0 saturated heterocycles. The second-order valence-electron chi connectivity index (χ2n) is 5.28. The normalized spacial score (nSPS) is 16.8. The van der Waals surface area contributed by atoms with Crippen molar-refractivity contribution in [3.63, 3.8) is 0 Å². The van der Waals surface area contributed by atoms with Crippen molar-refractivity contribution in [3.8, 4) is 0 Å². The molecule has 0 amide bonds. The van der Waals surface area contributed by atoms with Crippen LogP contribution in [0.3, 0.4) is 0 Å². The molecular weight excluding hydrogens is 204 g/mol. The van der Waals surface area contributed by atoms with E-state index in [0.29, 0.717) is 0 Å². The van der Waals surface area contributed by atoms with Gasteiger partial charge in [0, 0.05) is 5.41 Å². The van der Waals surface area contributed by atoms with Gasteiger partial charge in [-0.2, -0.15) is 0 Å². The van der Waals surface area contributed by atoms with E-state index in [9.17, 15) is 0 Å². The van der Waals surface area contributed by atoms with Crippen LogP contribution < -0.4 is 10.4 Å². The molecule has 0 saturated carbocycles. The van der Waals surface area contributed by atoms with E-state index in [0.717, 1.165) is 0 Å². The minimum Gasteiger partial charge on any atom is -0.0750 e. The van der Waals surface area contributed by atoms with Gasteiger partial charge in [-0.25, -0.2) is 0 Å². The lowest BCUT2D eigenvalue weighted by Crippen LogP contribution is -2.26. The molecule has 2 aromatic carbocycles. The van der Waals surface area contributed by atoms with E-state index in [2.05, 4.69) is 74.5 Å². The fourth-order valence-electron chi connectivity index (χ4n) is 2.47. The van der Waals surface area contributed by atoms with Crippen molar-refractivity contribution in [1.82, 2.24) is 0 Å². The molecule has 2 aromatic rings. The molecule has 0 nitrogen and oxygen atoms in total. The van der Waals surface area contributed by atoms with E-state index < -0.39 is 0 Å². The Kier molecular flexibility index (Phi) is 2.19. The molecule has 0 bridgehead atoms. The topological polar surface area (TPSA) is 0 Å². The molecule has 0 fully saturated rings. The van der Waals surface area contributed by atoms with E-state index >= 15 is 0 Å². The summed E-state index contributed by atoms with van der Waals surface area (Å²) in [5.74, 6) is 0. The molecule has 0 unspecified atom stereocenters. The van der Waals surface area contributed by atoms with Crippen LogP contribution in [0.2, 0.25) is 0 Å². The van der Waals surface area contributed by atoms with Crippen molar-refractivity contribution in [2.24, 2.45) is 5.41 Å². The zero-order chi connectivity index (χ0) is 11.9. The van der Waals surface area contributed by atoms with Crippen molar-refractivity contribution < 1.29 is 0 Å². The monoisotopic (exact) mass is 220 g/mol. The van der Waals surface area contributed by atoms with Gasteiger partial charge in [-0.05, 0) is 21.2 Å². The maximum Gasteiger partial charge on any atom is 0.00167 e. The predicted molar refractivity (Wildman–Crippen MR) is 75.0 cm³/mol. The van der Waals surface area contributed by atoms with Gasteiger partial charge in [-0.15, -0.1) is 0 Å². The van der Waals surface area contributed by atoms with Crippen LogP contribution in [0.4, 0.5) is 0 Å². The van der Waals surface area contributed by atoms with Crippen LogP contribution in [0, 0.1) is 5.41 Å². The van der Waals surface area contributed by atoms with Gasteiger partial charge < -0.3 is 0 Å². The van der Waals surface area contributed by atoms with E-state index in [1.807, 2.05) is 0 Å². The van der Waals surface area contributed by atoms with Crippen molar-refractivity contribution in [2.45, 2.75) is 13.8 Å². The summed E-state index contributed by atoms with van der Waals surface area (Å²) in [7, 11) is 0. The first-order chi connectivity index (χ1) is 8.16. The molecule has 0 radical (unpaired) electrons. The molecule has 3 rings (SSSR count). The Balaban J connectivity index is 2.50. The Morgan fingerprint density at radius 2 is 1.76 bits per heavy atom. The smallest absolute Gasteiger partial charge is 0.00167 e. The first-order valence-electron chi connectivity index (χ1n) is 6.06. The molecule has 84 valence electrons. The lowest BCUT2D eigenvalue weighted by Gasteiger charge is -2.13. The highest BCUT2D eigenvalue weighted by atomic mass is 14.1. The van der Waals surface area contributed by atoms with Gasteiger partial charge in [0.25, 0.3) is 0 Å². The highest BCUT2D eigenvalue weighted by molar-refractivity contribution is 5.84. The van der Waals surface area contributed by atoms with Gasteiger partial charge in [-0.1, -0.05) is 74.5 Å². The third-order valence-corrected chi connectivity index (χ3v) is 3.32. The Hall–Kier alpha value is -1.82. The van der Waals surface area contributed by atoms with Crippen LogP contribution in [0.1, 0.15) is 13.8 Å². The van der Waals surface area contributed by atoms with E-state index in [1.165, 1.54) is 21.2 Å². The molecule has 1 aliphatic carbocycles. The fraction of sp³-hybridized carbons (Fsp3) is 0.176. The second-order valence-corrected chi connectivity index (χ2v) is 5.28. The number of fused-ring (bicyclic) bond motifs is 3. The van der Waals surface area contributed by atoms with E-state index in [-0.39, 0.29) is 5.41 Å². The van der Waals surface area contributed by atoms with Gasteiger partial charge in [0.15, 0.2) is 0 Å². The summed E-state index contributed by atoms with van der Waals surface area (Å²) in [5.41, 5.74) is 0.129. The highest BCUT2D eigenvalue weighted by Crippen LogP contribution is 2.20. The van der Waals surface area contributed by atoms with Crippen LogP contribution in [-0.2, 0) is 0 Å². The van der Waals surface area contributed by atoms with Crippen LogP contribution in [0.5, 0.6) is 0 Å². The maximum atomic E-state index is 2.34. The number of allylic oxidation sites excluding steroid dienone is 2. The Labute approximate surface area is 102 Å². The second kappa shape index (κ2) is 3.59. The largest absolute Gasteiger partial charge is 0.0750 e. The van der Waals surface area contributed by atoms with Crippen molar-refractivity contribution in [1.29, 1.82) is 0 Å². The maximum absolute atomic E-state index is 2.34.